The van der Waals surface area contributed by atoms with Crippen LogP contribution in [-0.4, -0.2) is 25.4 Å². The van der Waals surface area contributed by atoms with Gasteiger partial charge in [0.1, 0.15) is 0 Å². The Morgan fingerprint density at radius 2 is 1.84 bits per heavy atom. The number of fused-ring (bicyclic) bond motifs is 1. The Morgan fingerprint density at radius 3 is 2.60 bits per heavy atom. The first-order valence-corrected chi connectivity index (χ1v) is 9.07. The number of rotatable bonds is 5. The highest BCUT2D eigenvalue weighted by Crippen LogP contribution is 2.32. The summed E-state index contributed by atoms with van der Waals surface area (Å²) in [5.41, 5.74) is 2.59. The van der Waals surface area contributed by atoms with Gasteiger partial charge in [0.2, 0.25) is 16.8 Å². The zero-order valence-electron chi connectivity index (χ0n) is 13.1. The van der Waals surface area contributed by atoms with Gasteiger partial charge in [0.15, 0.2) is 11.5 Å². The lowest BCUT2D eigenvalue weighted by atomic mass is 10.1. The van der Waals surface area contributed by atoms with Gasteiger partial charge in [-0.15, -0.1) is 0 Å². The molecule has 2 heterocycles. The van der Waals surface area contributed by atoms with E-state index in [9.17, 15) is 8.42 Å². The lowest BCUT2D eigenvalue weighted by Gasteiger charge is -2.08. The molecular weight excluding hydrogens is 342 g/mol. The predicted molar refractivity (Wildman–Crippen MR) is 90.6 cm³/mol. The Morgan fingerprint density at radius 1 is 1.04 bits per heavy atom. The number of aromatic amines is 1. The number of hydrogen-bond acceptors (Lipinski definition) is 5. The van der Waals surface area contributed by atoms with Crippen LogP contribution in [0.15, 0.2) is 59.8 Å². The van der Waals surface area contributed by atoms with Gasteiger partial charge in [-0.05, 0) is 35.4 Å². The molecule has 4 rings (SSSR count). The third-order valence-electron chi connectivity index (χ3n) is 3.90. The molecule has 1 aliphatic rings. The minimum Gasteiger partial charge on any atom is -0.454 e. The number of aromatic nitrogens is 2. The summed E-state index contributed by atoms with van der Waals surface area (Å²) in [6, 6.07) is 12.0. The molecular formula is C17H15N3O4S. The molecule has 0 radical (unpaired) electrons. The Hall–Kier alpha value is -2.84. The fourth-order valence-corrected chi connectivity index (χ4v) is 3.57. The second kappa shape index (κ2) is 6.23. The fraction of sp³-hybridized carbons (Fsp3) is 0.118. The predicted octanol–water partition coefficient (Wildman–Crippen LogP) is 2.28. The molecule has 2 aromatic carbocycles. The first-order chi connectivity index (χ1) is 12.1. The summed E-state index contributed by atoms with van der Waals surface area (Å²) in [5.74, 6) is 1.29. The summed E-state index contributed by atoms with van der Waals surface area (Å²) in [6.45, 7) is 0.357. The molecule has 2 N–H and O–H groups in total. The van der Waals surface area contributed by atoms with Crippen LogP contribution in [0.5, 0.6) is 11.5 Å². The minimum atomic E-state index is -3.60. The molecule has 128 valence electrons. The van der Waals surface area contributed by atoms with Crippen molar-refractivity contribution in [1.82, 2.24) is 14.9 Å². The summed E-state index contributed by atoms with van der Waals surface area (Å²) in [4.78, 5) is 0.209. The van der Waals surface area contributed by atoms with Gasteiger partial charge in [0.25, 0.3) is 0 Å². The summed E-state index contributed by atoms with van der Waals surface area (Å²) < 4.78 is 38.0. The number of sulfonamides is 1. The Labute approximate surface area is 144 Å². The van der Waals surface area contributed by atoms with Gasteiger partial charge in [-0.2, -0.15) is 5.10 Å². The topological polar surface area (TPSA) is 93.3 Å². The van der Waals surface area contributed by atoms with E-state index in [0.717, 1.165) is 16.7 Å². The van der Waals surface area contributed by atoms with Gasteiger partial charge in [-0.1, -0.05) is 18.2 Å². The summed E-state index contributed by atoms with van der Waals surface area (Å²) >= 11 is 0. The number of benzene rings is 2. The molecule has 1 aromatic heterocycles. The molecule has 25 heavy (non-hydrogen) atoms. The maximum absolute atomic E-state index is 12.5. The molecule has 0 fully saturated rings. The minimum absolute atomic E-state index is 0.169. The second-order valence-electron chi connectivity index (χ2n) is 5.52. The Balaban J connectivity index is 1.48. The van der Waals surface area contributed by atoms with Crippen LogP contribution in [0.1, 0.15) is 5.56 Å². The van der Waals surface area contributed by atoms with Gasteiger partial charge in [0, 0.05) is 18.3 Å². The Kier molecular flexibility index (Phi) is 3.90. The van der Waals surface area contributed by atoms with Crippen LogP contribution in [0.2, 0.25) is 0 Å². The Bertz CT molecular complexity index is 983. The highest BCUT2D eigenvalue weighted by atomic mass is 32.2. The third-order valence-corrected chi connectivity index (χ3v) is 5.32. The summed E-state index contributed by atoms with van der Waals surface area (Å²) in [7, 11) is -3.60. The number of nitrogens with zero attached hydrogens (tertiary/aromatic N) is 1. The van der Waals surface area contributed by atoms with Crippen molar-refractivity contribution in [1.29, 1.82) is 0 Å². The van der Waals surface area contributed by atoms with Crippen LogP contribution < -0.4 is 14.2 Å². The van der Waals surface area contributed by atoms with Crippen molar-refractivity contribution in [3.8, 4) is 22.6 Å². The van der Waals surface area contributed by atoms with E-state index < -0.39 is 10.0 Å². The lowest BCUT2D eigenvalue weighted by molar-refractivity contribution is 0.174. The average Bonchev–Trinajstić information content (AvgIpc) is 3.31. The molecule has 0 spiro atoms. The van der Waals surface area contributed by atoms with Crippen molar-refractivity contribution in [2.75, 3.05) is 6.79 Å². The SMILES string of the molecule is O=S(=O)(NCc1ccc2c(c1)OCO2)c1ccc(-c2cn[nH]c2)cc1. The zero-order chi connectivity index (χ0) is 17.3. The van der Waals surface area contributed by atoms with Crippen molar-refractivity contribution in [2.45, 2.75) is 11.4 Å². The van der Waals surface area contributed by atoms with Crippen LogP contribution in [0.25, 0.3) is 11.1 Å². The summed E-state index contributed by atoms with van der Waals surface area (Å²) in [6.07, 6.45) is 3.43. The molecule has 0 saturated heterocycles. The van der Waals surface area contributed by atoms with Gasteiger partial charge >= 0.3 is 0 Å². The van der Waals surface area contributed by atoms with E-state index in [1.54, 1.807) is 54.9 Å². The van der Waals surface area contributed by atoms with E-state index in [1.165, 1.54) is 0 Å². The molecule has 0 atom stereocenters. The highest BCUT2D eigenvalue weighted by Gasteiger charge is 2.16. The molecule has 0 aliphatic carbocycles. The summed E-state index contributed by atoms with van der Waals surface area (Å²) in [5, 5.41) is 6.61. The number of ether oxygens (including phenoxy) is 2. The van der Waals surface area contributed by atoms with E-state index in [4.69, 9.17) is 9.47 Å². The lowest BCUT2D eigenvalue weighted by Crippen LogP contribution is -2.23. The first-order valence-electron chi connectivity index (χ1n) is 7.59. The maximum atomic E-state index is 12.5. The largest absolute Gasteiger partial charge is 0.454 e. The van der Waals surface area contributed by atoms with Crippen LogP contribution in [0.3, 0.4) is 0 Å². The van der Waals surface area contributed by atoms with Crippen LogP contribution >= 0.6 is 0 Å². The van der Waals surface area contributed by atoms with Crippen molar-refractivity contribution in [3.05, 3.63) is 60.4 Å². The first kappa shape index (κ1) is 15.7. The molecule has 0 amide bonds. The van der Waals surface area contributed by atoms with E-state index in [0.29, 0.717) is 11.5 Å². The fourth-order valence-electron chi connectivity index (χ4n) is 2.55. The smallest absolute Gasteiger partial charge is 0.240 e. The quantitative estimate of drug-likeness (QED) is 0.731. The van der Waals surface area contributed by atoms with Crippen molar-refractivity contribution >= 4 is 10.0 Å². The molecule has 0 bridgehead atoms. The zero-order valence-corrected chi connectivity index (χ0v) is 13.9. The van der Waals surface area contributed by atoms with Crippen molar-refractivity contribution < 1.29 is 17.9 Å². The van der Waals surface area contributed by atoms with E-state index in [2.05, 4.69) is 14.9 Å². The molecule has 7 nitrogen and oxygen atoms in total. The molecule has 0 unspecified atom stereocenters. The van der Waals surface area contributed by atoms with E-state index in [1.807, 2.05) is 0 Å². The molecule has 3 aromatic rings. The number of H-pyrrole nitrogens is 1. The van der Waals surface area contributed by atoms with E-state index >= 15 is 0 Å². The van der Waals surface area contributed by atoms with Gasteiger partial charge in [0.05, 0.1) is 11.1 Å². The van der Waals surface area contributed by atoms with Crippen LogP contribution in [0, 0.1) is 0 Å². The average molecular weight is 357 g/mol. The highest BCUT2D eigenvalue weighted by molar-refractivity contribution is 7.89. The monoisotopic (exact) mass is 357 g/mol. The third kappa shape index (κ3) is 3.21. The van der Waals surface area contributed by atoms with Crippen LogP contribution in [0.4, 0.5) is 0 Å². The molecule has 8 heteroatoms. The molecule has 1 aliphatic heterocycles. The van der Waals surface area contributed by atoms with E-state index in [-0.39, 0.29) is 18.2 Å². The normalized spacial score (nSPS) is 13.1. The molecule has 0 saturated carbocycles. The standard InChI is InChI=1S/C17H15N3O4S/c21-25(22,15-4-2-13(3-5-15)14-9-18-19-10-14)20-8-12-1-6-16-17(7-12)24-11-23-16/h1-7,9-10,20H,8,11H2,(H,18,19). The van der Waals surface area contributed by atoms with Crippen molar-refractivity contribution in [2.24, 2.45) is 0 Å². The van der Waals surface area contributed by atoms with Gasteiger partial charge in [-0.3, -0.25) is 5.10 Å². The van der Waals surface area contributed by atoms with Gasteiger partial charge in [-0.25, -0.2) is 13.1 Å². The van der Waals surface area contributed by atoms with Crippen LogP contribution in [-0.2, 0) is 16.6 Å². The number of nitrogens with one attached hydrogen (secondary N) is 2. The maximum Gasteiger partial charge on any atom is 0.240 e. The van der Waals surface area contributed by atoms with Crippen molar-refractivity contribution in [3.63, 3.8) is 0 Å². The number of hydrogen-bond donors (Lipinski definition) is 2. The van der Waals surface area contributed by atoms with Gasteiger partial charge < -0.3 is 9.47 Å². The second-order valence-corrected chi connectivity index (χ2v) is 7.29.